The van der Waals surface area contributed by atoms with Crippen molar-refractivity contribution in [2.45, 2.75) is 30.9 Å². The molecule has 1 aromatic carbocycles. The van der Waals surface area contributed by atoms with E-state index in [4.69, 9.17) is 10.5 Å². The predicted octanol–water partition coefficient (Wildman–Crippen LogP) is -0.471. The van der Waals surface area contributed by atoms with Crippen molar-refractivity contribution >= 4 is 34.8 Å². The summed E-state index contributed by atoms with van der Waals surface area (Å²) >= 11 is 0. The second-order valence-electron chi connectivity index (χ2n) is 10.5. The smallest absolute Gasteiger partial charge is 0.255 e. The molecule has 0 bridgehead atoms. The number of aliphatic hydroxyl groups excluding tert-OH is 2. The average molecular weight is 559 g/mol. The Kier molecular flexibility index (Phi) is 8.04. The number of anilines is 1. The van der Waals surface area contributed by atoms with Crippen LogP contribution in [0.4, 0.5) is 5.69 Å². The standard InChI is InChI=1S/C27H34N4O9/c1-31(2)20-14-10-13-9-12-5-6-15(30-16(32)11-29-7-4-8-40-3)21(33)17(12)22(34)18(13)24(36)27(14,39)25(37)19(23(20)35)26(28)38/h5-6,13-14,20,29,33-34,37,39H,4,7-11H2,1-3H3,(H2,28,38)(H,30,32). The number of aliphatic hydroxyl groups is 3. The molecule has 3 aliphatic carbocycles. The van der Waals surface area contributed by atoms with Gasteiger partial charge in [0.05, 0.1) is 23.8 Å². The number of Topliss-reactive ketones (excluding diaryl/α,β-unsaturated/α-hetero) is 2. The van der Waals surface area contributed by atoms with Gasteiger partial charge in [-0.15, -0.1) is 0 Å². The molecule has 0 aromatic heterocycles. The third-order valence-corrected chi connectivity index (χ3v) is 7.85. The zero-order chi connectivity index (χ0) is 29.5. The number of primary amides is 1. The first-order valence-corrected chi connectivity index (χ1v) is 12.8. The van der Waals surface area contributed by atoms with Crippen LogP contribution in [0.25, 0.3) is 5.76 Å². The van der Waals surface area contributed by atoms with Crippen LogP contribution in [0.2, 0.25) is 0 Å². The van der Waals surface area contributed by atoms with Crippen molar-refractivity contribution in [3.8, 4) is 5.75 Å². The fraction of sp³-hybridized carbons (Fsp3) is 0.481. The molecule has 0 heterocycles. The summed E-state index contributed by atoms with van der Waals surface area (Å²) in [6.07, 6.45) is 0.865. The van der Waals surface area contributed by atoms with E-state index in [-0.39, 0.29) is 36.2 Å². The molecule has 2 amide bonds. The van der Waals surface area contributed by atoms with Crippen LogP contribution in [0.15, 0.2) is 29.0 Å². The van der Waals surface area contributed by atoms with E-state index in [1.165, 1.54) is 25.1 Å². The number of aromatic hydroxyl groups is 1. The van der Waals surface area contributed by atoms with Gasteiger partial charge in [-0.05, 0) is 57.5 Å². The fourth-order valence-corrected chi connectivity index (χ4v) is 6.06. The van der Waals surface area contributed by atoms with Gasteiger partial charge < -0.3 is 41.5 Å². The summed E-state index contributed by atoms with van der Waals surface area (Å²) in [5, 5.41) is 50.3. The Bertz CT molecular complexity index is 1340. The van der Waals surface area contributed by atoms with E-state index in [2.05, 4.69) is 10.6 Å². The zero-order valence-corrected chi connectivity index (χ0v) is 22.5. The minimum absolute atomic E-state index is 0.000246. The third-order valence-electron chi connectivity index (χ3n) is 7.85. The Morgan fingerprint density at radius 1 is 1.20 bits per heavy atom. The molecule has 40 heavy (non-hydrogen) atoms. The first-order valence-electron chi connectivity index (χ1n) is 12.8. The Morgan fingerprint density at radius 3 is 2.52 bits per heavy atom. The van der Waals surface area contributed by atoms with Gasteiger partial charge in [0.2, 0.25) is 11.7 Å². The van der Waals surface area contributed by atoms with Crippen LogP contribution in [-0.2, 0) is 30.3 Å². The molecule has 4 rings (SSSR count). The van der Waals surface area contributed by atoms with Gasteiger partial charge in [-0.2, -0.15) is 0 Å². The van der Waals surface area contributed by atoms with E-state index >= 15 is 0 Å². The molecule has 8 N–H and O–H groups in total. The highest BCUT2D eigenvalue weighted by Gasteiger charge is 2.64. The van der Waals surface area contributed by atoms with E-state index in [9.17, 15) is 39.6 Å². The lowest BCUT2D eigenvalue weighted by atomic mass is 9.57. The monoisotopic (exact) mass is 558 g/mol. The number of rotatable bonds is 9. The van der Waals surface area contributed by atoms with Crippen LogP contribution in [-0.4, -0.2) is 101 Å². The van der Waals surface area contributed by atoms with E-state index in [0.29, 0.717) is 25.1 Å². The Labute approximate surface area is 230 Å². The number of carbonyl (C=O) groups excluding carboxylic acids is 4. The van der Waals surface area contributed by atoms with Gasteiger partial charge in [0.25, 0.3) is 5.91 Å². The summed E-state index contributed by atoms with van der Waals surface area (Å²) in [6, 6.07) is 1.94. The number of ketones is 2. The van der Waals surface area contributed by atoms with Gasteiger partial charge in [0.1, 0.15) is 22.8 Å². The summed E-state index contributed by atoms with van der Waals surface area (Å²) in [5.41, 5.74) is 1.89. The molecule has 4 unspecified atom stereocenters. The first kappa shape index (κ1) is 29.2. The predicted molar refractivity (Wildman–Crippen MR) is 142 cm³/mol. The number of nitrogens with one attached hydrogen (secondary N) is 2. The molecule has 4 atom stereocenters. The largest absolute Gasteiger partial charge is 0.508 e. The minimum atomic E-state index is -2.71. The van der Waals surface area contributed by atoms with Crippen LogP contribution in [0.5, 0.6) is 5.75 Å². The molecule has 0 spiro atoms. The maximum Gasteiger partial charge on any atom is 0.255 e. The molecule has 0 radical (unpaired) electrons. The zero-order valence-electron chi connectivity index (χ0n) is 22.5. The number of ether oxygens (including phenoxy) is 1. The molecule has 13 heteroatoms. The molecule has 1 aromatic rings. The van der Waals surface area contributed by atoms with Crippen LogP contribution >= 0.6 is 0 Å². The summed E-state index contributed by atoms with van der Waals surface area (Å²) in [6.45, 7) is 1.03. The van der Waals surface area contributed by atoms with E-state index in [1.807, 2.05) is 0 Å². The SMILES string of the molecule is COCCCNCC(=O)Nc1ccc2c(c1O)C(O)=C1C(=O)C3(O)C(O)=C(C(N)=O)C(=O)C(N(C)C)C3CC1C2. The van der Waals surface area contributed by atoms with Gasteiger partial charge in [-0.25, -0.2) is 0 Å². The lowest BCUT2D eigenvalue weighted by Crippen LogP contribution is -2.65. The van der Waals surface area contributed by atoms with Gasteiger partial charge in [-0.3, -0.25) is 24.1 Å². The molecular weight excluding hydrogens is 524 g/mol. The van der Waals surface area contributed by atoms with Crippen molar-refractivity contribution in [2.24, 2.45) is 17.6 Å². The number of methoxy groups -OCH3 is 1. The highest BCUT2D eigenvalue weighted by molar-refractivity contribution is 6.24. The number of phenols is 1. The number of hydrogen-bond donors (Lipinski definition) is 7. The Hall–Kier alpha value is -3.78. The first-order chi connectivity index (χ1) is 18.9. The van der Waals surface area contributed by atoms with Crippen molar-refractivity contribution in [3.63, 3.8) is 0 Å². The lowest BCUT2D eigenvalue weighted by molar-refractivity contribution is -0.153. The highest BCUT2D eigenvalue weighted by Crippen LogP contribution is 2.53. The molecular formula is C27H34N4O9. The number of carbonyl (C=O) groups is 4. The van der Waals surface area contributed by atoms with E-state index in [1.54, 1.807) is 13.2 Å². The Balaban J connectivity index is 1.72. The molecule has 13 nitrogen and oxygen atoms in total. The summed E-state index contributed by atoms with van der Waals surface area (Å²) in [4.78, 5) is 52.8. The minimum Gasteiger partial charge on any atom is -0.508 e. The summed E-state index contributed by atoms with van der Waals surface area (Å²) < 4.78 is 4.95. The maximum absolute atomic E-state index is 13.8. The van der Waals surface area contributed by atoms with Gasteiger partial charge in [-0.1, -0.05) is 6.07 Å². The topological polar surface area (TPSA) is 212 Å². The third kappa shape index (κ3) is 4.64. The van der Waals surface area contributed by atoms with Crippen LogP contribution in [0.3, 0.4) is 0 Å². The number of amides is 2. The Morgan fingerprint density at radius 2 is 1.90 bits per heavy atom. The number of likely N-dealkylation sites (N-methyl/N-ethyl adjacent to an activating group) is 1. The normalized spacial score (nSPS) is 26.0. The fourth-order valence-electron chi connectivity index (χ4n) is 6.06. The molecule has 216 valence electrons. The quantitative estimate of drug-likeness (QED) is 0.117. The van der Waals surface area contributed by atoms with Gasteiger partial charge in [0, 0.05) is 25.2 Å². The number of nitrogens with zero attached hydrogens (tertiary/aromatic N) is 1. The van der Waals surface area contributed by atoms with Gasteiger partial charge >= 0.3 is 0 Å². The van der Waals surface area contributed by atoms with E-state index in [0.717, 1.165) is 0 Å². The molecule has 3 aliphatic rings. The van der Waals surface area contributed by atoms with E-state index < -0.39 is 69.7 Å². The number of fused-ring (bicyclic) bond motifs is 3. The molecule has 0 saturated heterocycles. The van der Waals surface area contributed by atoms with Crippen molar-refractivity contribution in [3.05, 3.63) is 40.2 Å². The number of phenolic OH excluding ortho intramolecular Hbond substituents is 1. The van der Waals surface area contributed by atoms with Crippen molar-refractivity contribution in [1.82, 2.24) is 10.2 Å². The van der Waals surface area contributed by atoms with Gasteiger partial charge in [0.15, 0.2) is 11.4 Å². The summed E-state index contributed by atoms with van der Waals surface area (Å²) in [5.74, 6) is -7.70. The molecule has 1 saturated carbocycles. The highest BCUT2D eigenvalue weighted by atomic mass is 16.5. The van der Waals surface area contributed by atoms with Crippen LogP contribution < -0.4 is 16.4 Å². The number of nitrogens with two attached hydrogens (primary N) is 1. The van der Waals surface area contributed by atoms with Crippen molar-refractivity contribution < 1.29 is 44.3 Å². The summed E-state index contributed by atoms with van der Waals surface area (Å²) in [7, 11) is 4.65. The second kappa shape index (κ2) is 11.0. The average Bonchev–Trinajstić information content (AvgIpc) is 2.87. The number of benzene rings is 1. The lowest BCUT2D eigenvalue weighted by Gasteiger charge is -2.50. The van der Waals surface area contributed by atoms with Crippen molar-refractivity contribution in [1.29, 1.82) is 0 Å². The van der Waals surface area contributed by atoms with Crippen molar-refractivity contribution in [2.75, 3.05) is 46.2 Å². The van der Waals surface area contributed by atoms with Crippen LogP contribution in [0.1, 0.15) is 24.0 Å². The maximum atomic E-state index is 13.8. The molecule has 1 fully saturated rings. The number of hydrogen-bond acceptors (Lipinski definition) is 11. The molecule has 0 aliphatic heterocycles. The second-order valence-corrected chi connectivity index (χ2v) is 10.5. The van der Waals surface area contributed by atoms with Crippen LogP contribution in [0, 0.1) is 11.8 Å².